The zero-order valence-electron chi connectivity index (χ0n) is 15.7. The maximum absolute atomic E-state index is 11.3. The van der Waals surface area contributed by atoms with E-state index in [0.29, 0.717) is 37.8 Å². The van der Waals surface area contributed by atoms with Crippen molar-refractivity contribution >= 4 is 5.91 Å². The molecule has 3 aromatic rings. The normalized spacial score (nSPS) is 16.8. The molecular weight excluding hydrogens is 356 g/mol. The second-order valence-electron chi connectivity index (χ2n) is 6.81. The Morgan fingerprint density at radius 1 is 1.14 bits per heavy atom. The molecule has 0 bridgehead atoms. The number of nitrogens with zero attached hydrogens (tertiary/aromatic N) is 3. The van der Waals surface area contributed by atoms with Crippen LogP contribution in [0.5, 0.6) is 0 Å². The number of primary amides is 1. The predicted octanol–water partition coefficient (Wildman–Crippen LogP) is 2.49. The molecule has 0 radical (unpaired) electrons. The zero-order chi connectivity index (χ0) is 19.5. The van der Waals surface area contributed by atoms with Gasteiger partial charge in [0.1, 0.15) is 6.10 Å². The maximum Gasteiger partial charge on any atom is 0.248 e. The van der Waals surface area contributed by atoms with E-state index < -0.39 is 5.91 Å². The molecule has 2 heterocycles. The van der Waals surface area contributed by atoms with Gasteiger partial charge in [-0.1, -0.05) is 42.0 Å². The molecule has 1 aliphatic heterocycles. The number of benzene rings is 2. The molecule has 0 unspecified atom stereocenters. The second-order valence-corrected chi connectivity index (χ2v) is 6.81. The van der Waals surface area contributed by atoms with Gasteiger partial charge in [-0.05, 0) is 24.6 Å². The van der Waals surface area contributed by atoms with Crippen molar-refractivity contribution in [1.29, 1.82) is 0 Å². The third-order valence-corrected chi connectivity index (χ3v) is 4.68. The quantitative estimate of drug-likeness (QED) is 0.736. The Labute approximate surface area is 163 Å². The van der Waals surface area contributed by atoms with Crippen molar-refractivity contribution in [1.82, 2.24) is 14.8 Å². The summed E-state index contributed by atoms with van der Waals surface area (Å²) < 4.78 is 13.3. The molecule has 1 aromatic heterocycles. The van der Waals surface area contributed by atoms with Crippen LogP contribution < -0.4 is 5.73 Å². The van der Waals surface area contributed by atoms with Crippen LogP contribution in [0.25, 0.3) is 11.4 Å². The van der Waals surface area contributed by atoms with Gasteiger partial charge in [0.2, 0.25) is 5.91 Å². The van der Waals surface area contributed by atoms with E-state index in [1.165, 1.54) is 5.56 Å². The minimum atomic E-state index is -0.460. The monoisotopic (exact) mass is 378 g/mol. The number of amides is 1. The molecule has 7 heteroatoms. The van der Waals surface area contributed by atoms with Crippen LogP contribution in [0.3, 0.4) is 0 Å². The summed E-state index contributed by atoms with van der Waals surface area (Å²) in [5, 5.41) is 4.70. The van der Waals surface area contributed by atoms with Crippen LogP contribution in [0.1, 0.15) is 33.4 Å². The van der Waals surface area contributed by atoms with Gasteiger partial charge in [0.05, 0.1) is 26.4 Å². The molecule has 2 aromatic carbocycles. The highest BCUT2D eigenvalue weighted by atomic mass is 16.6. The van der Waals surface area contributed by atoms with Crippen LogP contribution in [0.2, 0.25) is 0 Å². The van der Waals surface area contributed by atoms with Crippen LogP contribution in [0, 0.1) is 6.92 Å². The number of carbonyl (C=O) groups is 1. The van der Waals surface area contributed by atoms with Gasteiger partial charge in [-0.3, -0.25) is 4.79 Å². The molecule has 144 valence electrons. The number of aromatic nitrogens is 3. The molecule has 1 fully saturated rings. The largest absolute Gasteiger partial charge is 0.376 e. The number of carbonyl (C=O) groups excluding carboxylic acids is 1. The predicted molar refractivity (Wildman–Crippen MR) is 104 cm³/mol. The smallest absolute Gasteiger partial charge is 0.248 e. The summed E-state index contributed by atoms with van der Waals surface area (Å²) in [5.74, 6) is 0.847. The molecule has 1 atom stereocenters. The summed E-state index contributed by atoms with van der Waals surface area (Å²) in [7, 11) is 0. The van der Waals surface area contributed by atoms with E-state index in [4.69, 9.17) is 25.3 Å². The summed E-state index contributed by atoms with van der Waals surface area (Å²) in [6, 6.07) is 15.3. The van der Waals surface area contributed by atoms with Crippen molar-refractivity contribution in [2.24, 2.45) is 5.73 Å². The minimum Gasteiger partial charge on any atom is -0.376 e. The highest BCUT2D eigenvalue weighted by molar-refractivity contribution is 5.93. The summed E-state index contributed by atoms with van der Waals surface area (Å²) in [4.78, 5) is 16.0. The highest BCUT2D eigenvalue weighted by Crippen LogP contribution is 2.24. The first kappa shape index (κ1) is 18.3. The number of aryl methyl sites for hydroxylation is 1. The summed E-state index contributed by atoms with van der Waals surface area (Å²) in [6.07, 6.45) is -0.259. The number of hydrogen-bond acceptors (Lipinski definition) is 5. The maximum atomic E-state index is 11.3. The molecule has 1 amide bonds. The summed E-state index contributed by atoms with van der Waals surface area (Å²) in [5.41, 5.74) is 8.92. The van der Waals surface area contributed by atoms with E-state index in [1.807, 2.05) is 4.68 Å². The Kier molecular flexibility index (Phi) is 5.18. The molecule has 0 saturated carbocycles. The number of nitrogens with two attached hydrogens (primary N) is 1. The Bertz CT molecular complexity index is 958. The molecule has 28 heavy (non-hydrogen) atoms. The third-order valence-electron chi connectivity index (χ3n) is 4.68. The lowest BCUT2D eigenvalue weighted by Crippen LogP contribution is -2.25. The lowest BCUT2D eigenvalue weighted by Gasteiger charge is -2.22. The van der Waals surface area contributed by atoms with Gasteiger partial charge in [-0.15, -0.1) is 0 Å². The van der Waals surface area contributed by atoms with Gasteiger partial charge < -0.3 is 15.2 Å². The van der Waals surface area contributed by atoms with Gasteiger partial charge in [0.25, 0.3) is 0 Å². The average Bonchev–Trinajstić information content (AvgIpc) is 3.14. The Morgan fingerprint density at radius 2 is 1.89 bits per heavy atom. The van der Waals surface area contributed by atoms with Crippen molar-refractivity contribution in [2.45, 2.75) is 19.6 Å². The van der Waals surface area contributed by atoms with Gasteiger partial charge in [0, 0.05) is 11.1 Å². The SMILES string of the molecule is Cc1ccc(Cn2nc(-c3ccc(C(N)=O)cc3)nc2[C@H]2COCCO2)cc1. The number of ether oxygens (including phenoxy) is 2. The van der Waals surface area contributed by atoms with Gasteiger partial charge >= 0.3 is 0 Å². The first-order valence-electron chi connectivity index (χ1n) is 9.20. The molecular formula is C21H22N4O3. The van der Waals surface area contributed by atoms with E-state index in [1.54, 1.807) is 24.3 Å². The van der Waals surface area contributed by atoms with Crippen molar-refractivity contribution in [3.63, 3.8) is 0 Å². The van der Waals surface area contributed by atoms with Crippen molar-refractivity contribution in [2.75, 3.05) is 19.8 Å². The Balaban J connectivity index is 1.68. The number of hydrogen-bond donors (Lipinski definition) is 1. The fourth-order valence-corrected chi connectivity index (χ4v) is 3.12. The zero-order valence-corrected chi connectivity index (χ0v) is 15.7. The van der Waals surface area contributed by atoms with E-state index in [9.17, 15) is 4.79 Å². The highest BCUT2D eigenvalue weighted by Gasteiger charge is 2.24. The summed E-state index contributed by atoms with van der Waals surface area (Å²) in [6.45, 7) is 4.22. The van der Waals surface area contributed by atoms with E-state index in [0.717, 1.165) is 17.0 Å². The Hall–Kier alpha value is -3.03. The lowest BCUT2D eigenvalue weighted by atomic mass is 10.1. The topological polar surface area (TPSA) is 92.3 Å². The standard InChI is InChI=1S/C21H22N4O3/c1-14-2-4-15(5-3-14)12-25-21(18-13-27-10-11-28-18)23-20(24-25)17-8-6-16(7-9-17)19(22)26/h2-9,18H,10-13H2,1H3,(H2,22,26)/t18-/m1/s1. The van der Waals surface area contributed by atoms with Crippen molar-refractivity contribution in [3.05, 3.63) is 71.0 Å². The molecule has 0 aliphatic carbocycles. The minimum absolute atomic E-state index is 0.259. The van der Waals surface area contributed by atoms with E-state index >= 15 is 0 Å². The van der Waals surface area contributed by atoms with E-state index in [2.05, 4.69) is 31.2 Å². The molecule has 0 spiro atoms. The van der Waals surface area contributed by atoms with Crippen molar-refractivity contribution in [3.8, 4) is 11.4 Å². The van der Waals surface area contributed by atoms with Crippen LogP contribution in [-0.4, -0.2) is 40.5 Å². The molecule has 1 aliphatic rings. The molecule has 2 N–H and O–H groups in total. The fourth-order valence-electron chi connectivity index (χ4n) is 3.12. The lowest BCUT2D eigenvalue weighted by molar-refractivity contribution is -0.0948. The molecule has 7 nitrogen and oxygen atoms in total. The van der Waals surface area contributed by atoms with Gasteiger partial charge in [-0.2, -0.15) is 5.10 Å². The van der Waals surface area contributed by atoms with Gasteiger partial charge in [-0.25, -0.2) is 9.67 Å². The van der Waals surface area contributed by atoms with Crippen LogP contribution >= 0.6 is 0 Å². The van der Waals surface area contributed by atoms with Gasteiger partial charge in [0.15, 0.2) is 11.6 Å². The number of rotatable bonds is 5. The van der Waals surface area contributed by atoms with E-state index in [-0.39, 0.29) is 6.10 Å². The van der Waals surface area contributed by atoms with Crippen LogP contribution in [-0.2, 0) is 16.0 Å². The average molecular weight is 378 g/mol. The fraction of sp³-hybridized carbons (Fsp3) is 0.286. The summed E-state index contributed by atoms with van der Waals surface area (Å²) >= 11 is 0. The Morgan fingerprint density at radius 3 is 2.54 bits per heavy atom. The van der Waals surface area contributed by atoms with Crippen LogP contribution in [0.15, 0.2) is 48.5 Å². The third kappa shape index (κ3) is 3.95. The molecule has 1 saturated heterocycles. The second kappa shape index (κ2) is 7.92. The van der Waals surface area contributed by atoms with Crippen molar-refractivity contribution < 1.29 is 14.3 Å². The first-order chi connectivity index (χ1) is 13.6. The first-order valence-corrected chi connectivity index (χ1v) is 9.20. The van der Waals surface area contributed by atoms with Crippen LogP contribution in [0.4, 0.5) is 0 Å². The molecule has 4 rings (SSSR count).